The molecule has 0 saturated carbocycles. The Hall–Kier alpha value is -3.19. The Morgan fingerprint density at radius 2 is 1.76 bits per heavy atom. The largest absolute Gasteiger partial charge is 0.494 e. The van der Waals surface area contributed by atoms with Crippen LogP contribution >= 0.6 is 15.9 Å². The lowest BCUT2D eigenvalue weighted by Gasteiger charge is -2.09. The summed E-state index contributed by atoms with van der Waals surface area (Å²) in [7, 11) is 0. The van der Waals surface area contributed by atoms with Gasteiger partial charge in [-0.25, -0.2) is 0 Å². The number of ether oxygens (including phenoxy) is 1. The van der Waals surface area contributed by atoms with Gasteiger partial charge in [0.05, 0.1) is 17.9 Å². The molecule has 0 saturated heterocycles. The van der Waals surface area contributed by atoms with Crippen molar-refractivity contribution >= 4 is 38.6 Å². The highest BCUT2D eigenvalue weighted by Gasteiger charge is 2.13. The average molecular weight is 451 g/mol. The fourth-order valence-electron chi connectivity index (χ4n) is 3.00. The normalized spacial score (nSPS) is 10.9. The van der Waals surface area contributed by atoms with E-state index in [1.54, 1.807) is 10.9 Å². The molecule has 1 N–H and O–H groups in total. The Morgan fingerprint density at radius 3 is 2.45 bits per heavy atom. The van der Waals surface area contributed by atoms with Crippen LogP contribution in [0.2, 0.25) is 0 Å². The number of halogens is 1. The summed E-state index contributed by atoms with van der Waals surface area (Å²) in [4.78, 5) is 14.2. The Balaban J connectivity index is 1.63. The van der Waals surface area contributed by atoms with E-state index in [1.807, 2.05) is 68.4 Å². The van der Waals surface area contributed by atoms with Crippen LogP contribution in [0.15, 0.2) is 65.1 Å². The lowest BCUT2D eigenvalue weighted by atomic mass is 10.1. The van der Waals surface area contributed by atoms with Gasteiger partial charge in [0.15, 0.2) is 0 Å². The summed E-state index contributed by atoms with van der Waals surface area (Å²) in [5, 5.41) is 12.1. The van der Waals surface area contributed by atoms with Gasteiger partial charge in [-0.1, -0.05) is 12.1 Å². The maximum absolute atomic E-state index is 12.6. The fourth-order valence-corrected chi connectivity index (χ4v) is 3.46. The number of anilines is 1. The topological polar surface area (TPSA) is 69.0 Å². The minimum absolute atomic E-state index is 0.182. The highest BCUT2D eigenvalue weighted by Crippen LogP contribution is 2.24. The van der Waals surface area contributed by atoms with Gasteiger partial charge in [0.1, 0.15) is 16.8 Å². The Morgan fingerprint density at radius 1 is 1.07 bits per heavy atom. The first kappa shape index (κ1) is 19.1. The van der Waals surface area contributed by atoms with Crippen LogP contribution < -0.4 is 10.1 Å². The van der Waals surface area contributed by atoms with Gasteiger partial charge in [0.2, 0.25) is 0 Å². The molecule has 6 nitrogen and oxygen atoms in total. The van der Waals surface area contributed by atoms with Crippen molar-refractivity contribution in [2.24, 2.45) is 0 Å². The van der Waals surface area contributed by atoms with Gasteiger partial charge in [-0.2, -0.15) is 4.80 Å². The van der Waals surface area contributed by atoms with Crippen molar-refractivity contribution < 1.29 is 9.53 Å². The van der Waals surface area contributed by atoms with E-state index in [0.717, 1.165) is 27.0 Å². The second kappa shape index (κ2) is 8.05. The van der Waals surface area contributed by atoms with Crippen LogP contribution in [0.1, 0.15) is 22.8 Å². The van der Waals surface area contributed by atoms with Crippen molar-refractivity contribution in [2.75, 3.05) is 11.9 Å². The molecule has 0 radical (unpaired) electrons. The fraction of sp³-hybridized carbons (Fsp3) is 0.136. The Bertz CT molecular complexity index is 1190. The molecule has 1 heterocycles. The minimum Gasteiger partial charge on any atom is -0.494 e. The standard InChI is InChI=1S/C22H19BrN4O2/c1-3-29-16-10-8-15(9-11-16)27-25-20-12-14(2)19(13-21(20)26-27)24-22(28)17-6-4-5-7-18(17)23/h4-13H,3H2,1-2H3,(H,24,28). The van der Waals surface area contributed by atoms with Crippen molar-refractivity contribution in [3.05, 3.63) is 76.3 Å². The zero-order chi connectivity index (χ0) is 20.4. The van der Waals surface area contributed by atoms with Gasteiger partial charge in [-0.05, 0) is 83.9 Å². The number of carbonyl (C=O) groups excluding carboxylic acids is 1. The third-order valence-electron chi connectivity index (χ3n) is 4.47. The predicted molar refractivity (Wildman–Crippen MR) is 117 cm³/mol. The third kappa shape index (κ3) is 4.00. The molecule has 4 rings (SSSR count). The molecule has 4 aromatic rings. The SMILES string of the molecule is CCOc1ccc(-n2nc3cc(C)c(NC(=O)c4ccccc4Br)cc3n2)cc1. The molecule has 0 aliphatic heterocycles. The first-order chi connectivity index (χ1) is 14.0. The van der Waals surface area contributed by atoms with E-state index in [0.29, 0.717) is 23.4 Å². The molecule has 29 heavy (non-hydrogen) atoms. The number of hydrogen-bond donors (Lipinski definition) is 1. The molecule has 0 unspecified atom stereocenters. The number of aromatic nitrogens is 3. The molecule has 0 fully saturated rings. The molecule has 1 amide bonds. The number of rotatable bonds is 5. The third-order valence-corrected chi connectivity index (χ3v) is 5.16. The molecule has 1 aromatic heterocycles. The maximum Gasteiger partial charge on any atom is 0.256 e. The molecule has 0 atom stereocenters. The van der Waals surface area contributed by atoms with Crippen molar-refractivity contribution in [2.45, 2.75) is 13.8 Å². The summed E-state index contributed by atoms with van der Waals surface area (Å²) in [6.07, 6.45) is 0. The van der Waals surface area contributed by atoms with Gasteiger partial charge in [-0.3, -0.25) is 4.79 Å². The first-order valence-electron chi connectivity index (χ1n) is 9.22. The molecular formula is C22H19BrN4O2. The summed E-state index contributed by atoms with van der Waals surface area (Å²) in [5.41, 5.74) is 4.49. The van der Waals surface area contributed by atoms with Gasteiger partial charge in [0.25, 0.3) is 5.91 Å². The number of fused-ring (bicyclic) bond motifs is 1. The molecule has 7 heteroatoms. The molecule has 0 bridgehead atoms. The number of amides is 1. The summed E-state index contributed by atoms with van der Waals surface area (Å²) in [6, 6.07) is 18.7. The van der Waals surface area contributed by atoms with Crippen LogP contribution in [0.25, 0.3) is 16.7 Å². The Labute approximate surface area is 176 Å². The molecule has 0 spiro atoms. The highest BCUT2D eigenvalue weighted by atomic mass is 79.9. The lowest BCUT2D eigenvalue weighted by molar-refractivity contribution is 0.102. The van der Waals surface area contributed by atoms with E-state index in [2.05, 4.69) is 31.4 Å². The van der Waals surface area contributed by atoms with E-state index in [9.17, 15) is 4.79 Å². The minimum atomic E-state index is -0.182. The molecule has 146 valence electrons. The van der Waals surface area contributed by atoms with Crippen LogP contribution in [0, 0.1) is 6.92 Å². The summed E-state index contributed by atoms with van der Waals surface area (Å²) >= 11 is 3.42. The van der Waals surface area contributed by atoms with E-state index in [4.69, 9.17) is 4.74 Å². The molecule has 3 aromatic carbocycles. The van der Waals surface area contributed by atoms with E-state index in [1.165, 1.54) is 0 Å². The number of nitrogens with one attached hydrogen (secondary N) is 1. The van der Waals surface area contributed by atoms with E-state index < -0.39 is 0 Å². The number of nitrogens with zero attached hydrogens (tertiary/aromatic N) is 3. The zero-order valence-corrected chi connectivity index (χ0v) is 17.6. The zero-order valence-electron chi connectivity index (χ0n) is 16.0. The second-order valence-electron chi connectivity index (χ2n) is 6.51. The number of carbonyl (C=O) groups is 1. The predicted octanol–water partition coefficient (Wildman–Crippen LogP) is 5.14. The van der Waals surface area contributed by atoms with Crippen molar-refractivity contribution in [3.63, 3.8) is 0 Å². The Kier molecular flexibility index (Phi) is 5.31. The van der Waals surface area contributed by atoms with Crippen LogP contribution in [0.4, 0.5) is 5.69 Å². The van der Waals surface area contributed by atoms with Crippen LogP contribution in [-0.4, -0.2) is 27.5 Å². The number of hydrogen-bond acceptors (Lipinski definition) is 4. The van der Waals surface area contributed by atoms with Crippen LogP contribution in [0.3, 0.4) is 0 Å². The second-order valence-corrected chi connectivity index (χ2v) is 7.36. The van der Waals surface area contributed by atoms with E-state index in [-0.39, 0.29) is 5.91 Å². The van der Waals surface area contributed by atoms with Crippen LogP contribution in [-0.2, 0) is 0 Å². The highest BCUT2D eigenvalue weighted by molar-refractivity contribution is 9.10. The van der Waals surface area contributed by atoms with Crippen LogP contribution in [0.5, 0.6) is 5.75 Å². The van der Waals surface area contributed by atoms with Crippen molar-refractivity contribution in [1.29, 1.82) is 0 Å². The van der Waals surface area contributed by atoms with Gasteiger partial charge < -0.3 is 10.1 Å². The van der Waals surface area contributed by atoms with Crippen molar-refractivity contribution in [1.82, 2.24) is 15.0 Å². The first-order valence-corrected chi connectivity index (χ1v) is 10.0. The molecular weight excluding hydrogens is 432 g/mol. The lowest BCUT2D eigenvalue weighted by Crippen LogP contribution is -2.13. The number of benzene rings is 3. The van der Waals surface area contributed by atoms with Gasteiger partial charge in [-0.15, -0.1) is 10.2 Å². The smallest absolute Gasteiger partial charge is 0.256 e. The summed E-state index contributed by atoms with van der Waals surface area (Å²) in [5.74, 6) is 0.625. The monoisotopic (exact) mass is 450 g/mol. The molecule has 0 aliphatic rings. The van der Waals surface area contributed by atoms with Gasteiger partial charge in [0, 0.05) is 10.2 Å². The summed E-state index contributed by atoms with van der Waals surface area (Å²) < 4.78 is 6.22. The maximum atomic E-state index is 12.6. The van der Waals surface area contributed by atoms with E-state index >= 15 is 0 Å². The van der Waals surface area contributed by atoms with Crippen molar-refractivity contribution in [3.8, 4) is 11.4 Å². The molecule has 0 aliphatic carbocycles. The quantitative estimate of drug-likeness (QED) is 0.456. The average Bonchev–Trinajstić information content (AvgIpc) is 3.12. The van der Waals surface area contributed by atoms with Gasteiger partial charge >= 0.3 is 0 Å². The number of aryl methyl sites for hydroxylation is 1. The summed E-state index contributed by atoms with van der Waals surface area (Å²) in [6.45, 7) is 4.51.